The predicted octanol–water partition coefficient (Wildman–Crippen LogP) is 2.39. The van der Waals surface area contributed by atoms with Crippen molar-refractivity contribution in [3.63, 3.8) is 0 Å². The van der Waals surface area contributed by atoms with E-state index in [1.165, 1.54) is 22.3 Å². The van der Waals surface area contributed by atoms with Gasteiger partial charge in [0.1, 0.15) is 0 Å². The van der Waals surface area contributed by atoms with Crippen LogP contribution in [0.1, 0.15) is 22.3 Å². The number of aryl methyl sites for hydroxylation is 3. The fourth-order valence-electron chi connectivity index (χ4n) is 1.81. The van der Waals surface area contributed by atoms with Gasteiger partial charge in [0, 0.05) is 13.7 Å². The lowest BCUT2D eigenvalue weighted by Gasteiger charge is -2.10. The lowest BCUT2D eigenvalue weighted by molar-refractivity contribution is 0.199. The molecule has 1 rings (SSSR count). The van der Waals surface area contributed by atoms with Crippen molar-refractivity contribution in [3.8, 4) is 0 Å². The normalized spacial score (nSPS) is 10.8. The lowest BCUT2D eigenvalue weighted by atomic mass is 9.99. The molecule has 0 amide bonds. The maximum Gasteiger partial charge on any atom is 0.0587 e. The Morgan fingerprint density at radius 2 is 1.69 bits per heavy atom. The highest BCUT2D eigenvalue weighted by Crippen LogP contribution is 2.15. The van der Waals surface area contributed by atoms with Crippen molar-refractivity contribution >= 4 is 0 Å². The first kappa shape index (κ1) is 13.2. The number of ether oxygens (including phenoxy) is 1. The van der Waals surface area contributed by atoms with Gasteiger partial charge in [0.2, 0.25) is 0 Å². The molecular formula is C14H23NO. The number of hydrogen-bond acceptors (Lipinski definition) is 2. The van der Waals surface area contributed by atoms with Gasteiger partial charge in [0.15, 0.2) is 0 Å². The Balaban J connectivity index is 2.45. The van der Waals surface area contributed by atoms with Crippen LogP contribution in [0.3, 0.4) is 0 Å². The van der Waals surface area contributed by atoms with Crippen molar-refractivity contribution in [1.82, 2.24) is 5.32 Å². The summed E-state index contributed by atoms with van der Waals surface area (Å²) in [6.07, 6.45) is 1.09. The van der Waals surface area contributed by atoms with Crippen LogP contribution in [0.5, 0.6) is 0 Å². The number of rotatable bonds is 6. The molecule has 2 heteroatoms. The van der Waals surface area contributed by atoms with Gasteiger partial charge < -0.3 is 10.1 Å². The molecule has 90 valence electrons. The van der Waals surface area contributed by atoms with E-state index in [9.17, 15) is 0 Å². The molecule has 0 aliphatic carbocycles. The zero-order valence-electron chi connectivity index (χ0n) is 10.9. The fraction of sp³-hybridized carbons (Fsp3) is 0.571. The average molecular weight is 221 g/mol. The minimum atomic E-state index is 0.784. The van der Waals surface area contributed by atoms with Crippen molar-refractivity contribution in [3.05, 3.63) is 34.4 Å². The maximum atomic E-state index is 4.99. The minimum absolute atomic E-state index is 0.784. The molecule has 0 unspecified atom stereocenters. The van der Waals surface area contributed by atoms with Gasteiger partial charge in [0.05, 0.1) is 6.61 Å². The Bertz CT molecular complexity index is 334. The van der Waals surface area contributed by atoms with Crippen LogP contribution in [0.25, 0.3) is 0 Å². The van der Waals surface area contributed by atoms with E-state index in [4.69, 9.17) is 4.74 Å². The third-order valence-electron chi connectivity index (χ3n) is 3.01. The van der Waals surface area contributed by atoms with Crippen molar-refractivity contribution in [2.45, 2.75) is 27.2 Å². The van der Waals surface area contributed by atoms with Gasteiger partial charge in [-0.25, -0.2) is 0 Å². The molecule has 0 bridgehead atoms. The van der Waals surface area contributed by atoms with Crippen LogP contribution >= 0.6 is 0 Å². The second-order valence-corrected chi connectivity index (χ2v) is 4.36. The summed E-state index contributed by atoms with van der Waals surface area (Å²) < 4.78 is 4.99. The van der Waals surface area contributed by atoms with Crippen molar-refractivity contribution in [2.24, 2.45) is 0 Å². The highest BCUT2D eigenvalue weighted by molar-refractivity contribution is 5.36. The standard InChI is InChI=1S/C14H23NO/c1-11-9-13(3)14(10-12(11)2)5-6-15-7-8-16-4/h9-10,15H,5-8H2,1-4H3. The Kier molecular flexibility index (Phi) is 5.50. The molecule has 0 spiro atoms. The summed E-state index contributed by atoms with van der Waals surface area (Å²) in [5.74, 6) is 0. The topological polar surface area (TPSA) is 21.3 Å². The number of methoxy groups -OCH3 is 1. The average Bonchev–Trinajstić information content (AvgIpc) is 2.25. The summed E-state index contributed by atoms with van der Waals surface area (Å²) in [7, 11) is 1.73. The van der Waals surface area contributed by atoms with Gasteiger partial charge in [-0.05, 0) is 56.0 Å². The summed E-state index contributed by atoms with van der Waals surface area (Å²) in [4.78, 5) is 0. The van der Waals surface area contributed by atoms with E-state index >= 15 is 0 Å². The molecular weight excluding hydrogens is 198 g/mol. The molecule has 0 aliphatic heterocycles. The van der Waals surface area contributed by atoms with E-state index in [1.54, 1.807) is 7.11 Å². The van der Waals surface area contributed by atoms with Crippen LogP contribution in [0.15, 0.2) is 12.1 Å². The maximum absolute atomic E-state index is 4.99. The van der Waals surface area contributed by atoms with E-state index < -0.39 is 0 Å². The largest absolute Gasteiger partial charge is 0.383 e. The van der Waals surface area contributed by atoms with E-state index in [-0.39, 0.29) is 0 Å². The molecule has 1 aromatic rings. The minimum Gasteiger partial charge on any atom is -0.383 e. The highest BCUT2D eigenvalue weighted by Gasteiger charge is 2.01. The molecule has 0 heterocycles. The Morgan fingerprint density at radius 1 is 1.00 bits per heavy atom. The van der Waals surface area contributed by atoms with Gasteiger partial charge >= 0.3 is 0 Å². The summed E-state index contributed by atoms with van der Waals surface area (Å²) in [5, 5.41) is 3.37. The first-order valence-corrected chi connectivity index (χ1v) is 5.91. The predicted molar refractivity (Wildman–Crippen MR) is 69.1 cm³/mol. The Labute approximate surface area is 99.0 Å². The van der Waals surface area contributed by atoms with E-state index in [0.29, 0.717) is 0 Å². The monoisotopic (exact) mass is 221 g/mol. The zero-order chi connectivity index (χ0) is 12.0. The number of benzene rings is 1. The van der Waals surface area contributed by atoms with Crippen molar-refractivity contribution < 1.29 is 4.74 Å². The second-order valence-electron chi connectivity index (χ2n) is 4.36. The molecule has 0 fully saturated rings. The van der Waals surface area contributed by atoms with Crippen LogP contribution in [0.4, 0.5) is 0 Å². The van der Waals surface area contributed by atoms with E-state index in [0.717, 1.165) is 26.1 Å². The van der Waals surface area contributed by atoms with Crippen LogP contribution in [-0.2, 0) is 11.2 Å². The Morgan fingerprint density at radius 3 is 2.38 bits per heavy atom. The summed E-state index contributed by atoms with van der Waals surface area (Å²) in [6.45, 7) is 9.27. The van der Waals surface area contributed by atoms with Gasteiger partial charge in [0.25, 0.3) is 0 Å². The molecule has 16 heavy (non-hydrogen) atoms. The lowest BCUT2D eigenvalue weighted by Crippen LogP contribution is -2.22. The van der Waals surface area contributed by atoms with Crippen LogP contribution in [0, 0.1) is 20.8 Å². The molecule has 0 radical (unpaired) electrons. The van der Waals surface area contributed by atoms with Crippen LogP contribution < -0.4 is 5.32 Å². The zero-order valence-corrected chi connectivity index (χ0v) is 10.9. The molecule has 0 aromatic heterocycles. The quantitative estimate of drug-likeness (QED) is 0.745. The van der Waals surface area contributed by atoms with Gasteiger partial charge in [-0.15, -0.1) is 0 Å². The molecule has 0 saturated heterocycles. The fourth-order valence-corrected chi connectivity index (χ4v) is 1.81. The van der Waals surface area contributed by atoms with Crippen molar-refractivity contribution in [1.29, 1.82) is 0 Å². The van der Waals surface area contributed by atoms with E-state index in [1.807, 2.05) is 0 Å². The molecule has 0 saturated carbocycles. The molecule has 1 aromatic carbocycles. The third kappa shape index (κ3) is 3.95. The number of hydrogen-bond donors (Lipinski definition) is 1. The first-order chi connectivity index (χ1) is 7.65. The van der Waals surface area contributed by atoms with Crippen molar-refractivity contribution in [2.75, 3.05) is 26.8 Å². The van der Waals surface area contributed by atoms with Gasteiger partial charge in [-0.2, -0.15) is 0 Å². The van der Waals surface area contributed by atoms with Gasteiger partial charge in [-0.1, -0.05) is 12.1 Å². The highest BCUT2D eigenvalue weighted by atomic mass is 16.5. The second kappa shape index (κ2) is 6.66. The van der Waals surface area contributed by atoms with Gasteiger partial charge in [-0.3, -0.25) is 0 Å². The molecule has 1 N–H and O–H groups in total. The third-order valence-corrected chi connectivity index (χ3v) is 3.01. The summed E-state index contributed by atoms with van der Waals surface area (Å²) in [6, 6.07) is 4.59. The Hall–Kier alpha value is -0.860. The summed E-state index contributed by atoms with van der Waals surface area (Å²) >= 11 is 0. The molecule has 0 atom stereocenters. The molecule has 0 aliphatic rings. The van der Waals surface area contributed by atoms with E-state index in [2.05, 4.69) is 38.2 Å². The SMILES string of the molecule is COCCNCCc1cc(C)c(C)cc1C. The summed E-state index contributed by atoms with van der Waals surface area (Å²) in [5.41, 5.74) is 5.62. The molecule has 2 nitrogen and oxygen atoms in total. The van der Waals surface area contributed by atoms with Crippen LogP contribution in [-0.4, -0.2) is 26.8 Å². The number of nitrogens with one attached hydrogen (secondary N) is 1. The van der Waals surface area contributed by atoms with Crippen LogP contribution in [0.2, 0.25) is 0 Å². The first-order valence-electron chi connectivity index (χ1n) is 5.91. The smallest absolute Gasteiger partial charge is 0.0587 e.